The van der Waals surface area contributed by atoms with Crippen LogP contribution in [-0.2, 0) is 11.8 Å². The van der Waals surface area contributed by atoms with Crippen LogP contribution in [0.2, 0.25) is 0 Å². The Balaban J connectivity index is 2.34. The fourth-order valence-electron chi connectivity index (χ4n) is 2.13. The van der Waals surface area contributed by atoms with Crippen LogP contribution in [0.5, 0.6) is 0 Å². The molecular formula is C14H16N2O4. The Bertz CT molecular complexity index is 660. The van der Waals surface area contributed by atoms with E-state index in [9.17, 15) is 14.7 Å². The number of nitrogens with one attached hydrogen (secondary N) is 1. The van der Waals surface area contributed by atoms with Crippen LogP contribution in [0.25, 0.3) is 10.9 Å². The molecule has 1 amide bonds. The highest BCUT2D eigenvalue weighted by Gasteiger charge is 2.26. The average Bonchev–Trinajstić information content (AvgIpc) is 2.73. The minimum Gasteiger partial charge on any atom is -0.480 e. The molecule has 0 bridgehead atoms. The molecule has 6 heteroatoms. The highest BCUT2D eigenvalue weighted by Crippen LogP contribution is 2.20. The molecule has 0 radical (unpaired) electrons. The topological polar surface area (TPSA) is 91.6 Å². The Kier molecular flexibility index (Phi) is 3.76. The number of benzene rings is 1. The maximum absolute atomic E-state index is 12.2. The molecule has 2 rings (SSSR count). The van der Waals surface area contributed by atoms with Crippen molar-refractivity contribution in [2.24, 2.45) is 7.05 Å². The first-order chi connectivity index (χ1) is 9.41. The summed E-state index contributed by atoms with van der Waals surface area (Å²) in [7, 11) is 1.81. The molecule has 6 nitrogen and oxygen atoms in total. The van der Waals surface area contributed by atoms with E-state index < -0.39 is 24.0 Å². The molecule has 0 aliphatic rings. The Morgan fingerprint density at radius 3 is 2.55 bits per heavy atom. The third kappa shape index (κ3) is 2.50. The van der Waals surface area contributed by atoms with Crippen molar-refractivity contribution >= 4 is 22.8 Å². The second kappa shape index (κ2) is 5.34. The predicted molar refractivity (Wildman–Crippen MR) is 73.5 cm³/mol. The van der Waals surface area contributed by atoms with Crippen LogP contribution >= 0.6 is 0 Å². The molecule has 0 unspecified atom stereocenters. The highest BCUT2D eigenvalue weighted by molar-refractivity contribution is 6.07. The maximum Gasteiger partial charge on any atom is 0.328 e. The molecule has 1 aromatic heterocycles. The molecule has 106 valence electrons. The smallest absolute Gasteiger partial charge is 0.328 e. The number of amides is 1. The van der Waals surface area contributed by atoms with E-state index in [-0.39, 0.29) is 0 Å². The Morgan fingerprint density at radius 2 is 1.95 bits per heavy atom. The van der Waals surface area contributed by atoms with Gasteiger partial charge in [0.15, 0.2) is 6.04 Å². The van der Waals surface area contributed by atoms with E-state index >= 15 is 0 Å². The number of rotatable bonds is 4. The van der Waals surface area contributed by atoms with Gasteiger partial charge in [-0.25, -0.2) is 4.79 Å². The van der Waals surface area contributed by atoms with Crippen LogP contribution in [0.3, 0.4) is 0 Å². The fraction of sp³-hybridized carbons (Fsp3) is 0.286. The summed E-state index contributed by atoms with van der Waals surface area (Å²) in [6.45, 7) is 1.32. The number of para-hydroxylation sites is 1. The van der Waals surface area contributed by atoms with Crippen LogP contribution in [0, 0.1) is 0 Å². The fourth-order valence-corrected chi connectivity index (χ4v) is 2.13. The lowest BCUT2D eigenvalue weighted by molar-refractivity contribution is -0.141. The van der Waals surface area contributed by atoms with Crippen molar-refractivity contribution in [3.63, 3.8) is 0 Å². The van der Waals surface area contributed by atoms with Crippen LogP contribution < -0.4 is 5.32 Å². The van der Waals surface area contributed by atoms with Gasteiger partial charge in [-0.15, -0.1) is 0 Å². The number of nitrogens with zero attached hydrogens (tertiary/aromatic N) is 1. The van der Waals surface area contributed by atoms with Gasteiger partial charge in [0.2, 0.25) is 0 Å². The van der Waals surface area contributed by atoms with Crippen LogP contribution in [0.1, 0.15) is 17.3 Å². The van der Waals surface area contributed by atoms with E-state index in [1.54, 1.807) is 16.8 Å². The number of carbonyl (C=O) groups excluding carboxylic acids is 1. The minimum absolute atomic E-state index is 0.384. The third-order valence-corrected chi connectivity index (χ3v) is 3.18. The monoisotopic (exact) mass is 276 g/mol. The largest absolute Gasteiger partial charge is 0.480 e. The molecule has 3 N–H and O–H groups in total. The molecule has 0 fully saturated rings. The van der Waals surface area contributed by atoms with Gasteiger partial charge in [0.05, 0.1) is 11.7 Å². The van der Waals surface area contributed by atoms with Gasteiger partial charge in [-0.1, -0.05) is 18.2 Å². The van der Waals surface area contributed by atoms with Crippen molar-refractivity contribution in [1.82, 2.24) is 9.88 Å². The number of aliphatic carboxylic acids is 1. The number of carboxylic acid groups (broad SMARTS) is 1. The number of aryl methyl sites for hydroxylation is 1. The SMILES string of the molecule is C[C@@H](O)[C@H](NC(=O)c1cn(C)c2ccccc12)C(=O)O. The van der Waals surface area contributed by atoms with Crippen LogP contribution in [-0.4, -0.2) is 38.8 Å². The second-order valence-corrected chi connectivity index (χ2v) is 4.70. The van der Waals surface area contributed by atoms with E-state index in [0.717, 1.165) is 10.9 Å². The number of carboxylic acids is 1. The van der Waals surface area contributed by atoms with Gasteiger partial charge in [0, 0.05) is 24.1 Å². The molecule has 0 aliphatic carbocycles. The van der Waals surface area contributed by atoms with Gasteiger partial charge in [0.25, 0.3) is 5.91 Å². The molecule has 2 aromatic rings. The molecule has 0 saturated heterocycles. The van der Waals surface area contributed by atoms with Crippen molar-refractivity contribution in [1.29, 1.82) is 0 Å². The lowest BCUT2D eigenvalue weighted by Crippen LogP contribution is -2.47. The Labute approximate surface area is 115 Å². The van der Waals surface area contributed by atoms with Gasteiger partial charge in [-0.3, -0.25) is 4.79 Å². The zero-order chi connectivity index (χ0) is 14.9. The summed E-state index contributed by atoms with van der Waals surface area (Å²) in [5.41, 5.74) is 1.26. The number of hydrogen-bond donors (Lipinski definition) is 3. The number of aliphatic hydroxyl groups is 1. The van der Waals surface area contributed by atoms with Gasteiger partial charge < -0.3 is 20.1 Å². The highest BCUT2D eigenvalue weighted by atomic mass is 16.4. The summed E-state index contributed by atoms with van der Waals surface area (Å²) in [5.74, 6) is -1.79. The molecule has 20 heavy (non-hydrogen) atoms. The van der Waals surface area contributed by atoms with Gasteiger partial charge in [0.1, 0.15) is 0 Å². The van der Waals surface area contributed by atoms with Crippen LogP contribution in [0.15, 0.2) is 30.5 Å². The van der Waals surface area contributed by atoms with Gasteiger partial charge in [-0.2, -0.15) is 0 Å². The lowest BCUT2D eigenvalue weighted by atomic mass is 10.1. The molecule has 1 aromatic carbocycles. The zero-order valence-corrected chi connectivity index (χ0v) is 11.2. The summed E-state index contributed by atoms with van der Waals surface area (Å²) in [6.07, 6.45) is 0.465. The minimum atomic E-state index is -1.33. The van der Waals surface area contributed by atoms with Crippen LogP contribution in [0.4, 0.5) is 0 Å². The Hall–Kier alpha value is -2.34. The summed E-state index contributed by atoms with van der Waals surface area (Å²) >= 11 is 0. The molecule has 0 saturated carbocycles. The van der Waals surface area contributed by atoms with Crippen molar-refractivity contribution in [3.05, 3.63) is 36.0 Å². The van der Waals surface area contributed by atoms with E-state index in [0.29, 0.717) is 5.56 Å². The van der Waals surface area contributed by atoms with E-state index in [1.165, 1.54) is 6.92 Å². The number of aromatic nitrogens is 1. The summed E-state index contributed by atoms with van der Waals surface area (Å²) in [6, 6.07) is 6.00. The van der Waals surface area contributed by atoms with Gasteiger partial charge >= 0.3 is 5.97 Å². The maximum atomic E-state index is 12.2. The molecular weight excluding hydrogens is 260 g/mol. The van der Waals surface area contributed by atoms with Crippen molar-refractivity contribution < 1.29 is 19.8 Å². The summed E-state index contributed by atoms with van der Waals surface area (Å²) in [5, 5.41) is 21.4. The van der Waals surface area contributed by atoms with E-state index in [4.69, 9.17) is 5.11 Å². The van der Waals surface area contributed by atoms with Crippen molar-refractivity contribution in [3.8, 4) is 0 Å². The van der Waals surface area contributed by atoms with Crippen molar-refractivity contribution in [2.75, 3.05) is 0 Å². The number of hydrogen-bond acceptors (Lipinski definition) is 3. The number of carbonyl (C=O) groups is 2. The first-order valence-electron chi connectivity index (χ1n) is 6.17. The number of aliphatic hydroxyl groups excluding tert-OH is 1. The molecule has 2 atom stereocenters. The second-order valence-electron chi connectivity index (χ2n) is 4.70. The summed E-state index contributed by atoms with van der Waals surface area (Å²) in [4.78, 5) is 23.2. The standard InChI is InChI=1S/C14H16N2O4/c1-8(17)12(14(19)20)15-13(18)10-7-16(2)11-6-4-3-5-9(10)11/h3-8,12,17H,1-2H3,(H,15,18)(H,19,20)/t8-,12+/m1/s1. The van der Waals surface area contributed by atoms with E-state index in [2.05, 4.69) is 5.32 Å². The predicted octanol–water partition coefficient (Wildman–Crippen LogP) is 0.742. The first-order valence-corrected chi connectivity index (χ1v) is 6.17. The van der Waals surface area contributed by atoms with E-state index in [1.807, 2.05) is 25.2 Å². The molecule has 0 spiro atoms. The lowest BCUT2D eigenvalue weighted by Gasteiger charge is -2.16. The first kappa shape index (κ1) is 14.1. The molecule has 1 heterocycles. The van der Waals surface area contributed by atoms with Gasteiger partial charge in [-0.05, 0) is 13.0 Å². The quantitative estimate of drug-likeness (QED) is 0.768. The average molecular weight is 276 g/mol. The Morgan fingerprint density at radius 1 is 1.30 bits per heavy atom. The summed E-state index contributed by atoms with van der Waals surface area (Å²) < 4.78 is 1.79. The zero-order valence-electron chi connectivity index (χ0n) is 11.2. The number of fused-ring (bicyclic) bond motifs is 1. The molecule has 0 aliphatic heterocycles. The van der Waals surface area contributed by atoms with Crippen molar-refractivity contribution in [2.45, 2.75) is 19.1 Å². The normalized spacial score (nSPS) is 13.9. The third-order valence-electron chi connectivity index (χ3n) is 3.18.